The van der Waals surface area contributed by atoms with Gasteiger partial charge in [-0.15, -0.1) is 11.3 Å². The van der Waals surface area contributed by atoms with Gasteiger partial charge in [0.1, 0.15) is 27.6 Å². The average molecular weight is 914 g/mol. The van der Waals surface area contributed by atoms with Gasteiger partial charge in [0, 0.05) is 62.3 Å². The highest BCUT2D eigenvalue weighted by atomic mass is 33.1. The van der Waals surface area contributed by atoms with Gasteiger partial charge in [-0.1, -0.05) is 76.5 Å². The Balaban J connectivity index is 1.45. The minimum atomic E-state index is -0.867. The summed E-state index contributed by atoms with van der Waals surface area (Å²) in [5.41, 5.74) is 0.902. The Bertz CT molecular complexity index is 1910. The van der Waals surface area contributed by atoms with Crippen molar-refractivity contribution in [3.63, 3.8) is 0 Å². The second-order valence-electron chi connectivity index (χ2n) is 16.5. The number of aromatic nitrogens is 2. The molecule has 1 aromatic carbocycles. The van der Waals surface area contributed by atoms with Crippen LogP contribution in [0.4, 0.5) is 4.39 Å². The molecule has 1 aliphatic rings. The van der Waals surface area contributed by atoms with Gasteiger partial charge in [-0.25, -0.2) is 14.4 Å². The molecule has 7 atom stereocenters. The van der Waals surface area contributed by atoms with Crippen LogP contribution in [-0.4, -0.2) is 106 Å². The number of nitrogens with one attached hydrogen (secondary N) is 3. The third-order valence-corrected chi connectivity index (χ3v) is 14.5. The number of rotatable bonds is 23. The highest BCUT2D eigenvalue weighted by molar-refractivity contribution is 8.76. The molecule has 62 heavy (non-hydrogen) atoms. The Kier molecular flexibility index (Phi) is 20.6. The number of esters is 1. The summed E-state index contributed by atoms with van der Waals surface area (Å²) in [5, 5.41) is 12.0. The van der Waals surface area contributed by atoms with Crippen LogP contribution in [0.2, 0.25) is 0 Å². The van der Waals surface area contributed by atoms with E-state index >= 15 is 0 Å². The summed E-state index contributed by atoms with van der Waals surface area (Å²) in [6.45, 7) is 12.3. The van der Waals surface area contributed by atoms with Gasteiger partial charge in [0.15, 0.2) is 6.10 Å². The van der Waals surface area contributed by atoms with Crippen LogP contribution >= 0.6 is 32.9 Å². The summed E-state index contributed by atoms with van der Waals surface area (Å²) in [6, 6.07) is 9.79. The normalized spacial score (nSPS) is 17.2. The fraction of sp³-hybridized carbons (Fsp3) is 0.578. The molecule has 1 aliphatic heterocycles. The minimum absolute atomic E-state index is 0.0712. The van der Waals surface area contributed by atoms with E-state index in [0.29, 0.717) is 36.6 Å². The zero-order valence-corrected chi connectivity index (χ0v) is 39.7. The van der Waals surface area contributed by atoms with Crippen molar-refractivity contribution in [1.29, 1.82) is 0 Å². The Morgan fingerprint density at radius 3 is 2.42 bits per heavy atom. The first-order valence-corrected chi connectivity index (χ1v) is 24.7. The van der Waals surface area contributed by atoms with Crippen LogP contribution in [0.3, 0.4) is 0 Å². The van der Waals surface area contributed by atoms with Crippen molar-refractivity contribution in [2.24, 2.45) is 17.8 Å². The van der Waals surface area contributed by atoms with Crippen molar-refractivity contribution in [1.82, 2.24) is 35.7 Å². The molecule has 4 rings (SSSR count). The number of hydrogen-bond donors (Lipinski definition) is 3. The third-order valence-electron chi connectivity index (χ3n) is 11.3. The number of likely N-dealkylation sites (tertiary alicyclic amines) is 1. The Morgan fingerprint density at radius 2 is 1.77 bits per heavy atom. The summed E-state index contributed by atoms with van der Waals surface area (Å²) in [4.78, 5) is 80.0. The molecule has 0 aliphatic carbocycles. The number of nitrogens with zero attached hydrogens (tertiary/aromatic N) is 4. The molecule has 17 heteroatoms. The summed E-state index contributed by atoms with van der Waals surface area (Å²) < 4.78 is 19.6. The quantitative estimate of drug-likeness (QED) is 0.0506. The second-order valence-corrected chi connectivity index (χ2v) is 19.9. The zero-order chi connectivity index (χ0) is 45.3. The van der Waals surface area contributed by atoms with E-state index in [1.165, 1.54) is 41.2 Å². The number of carbonyl (C=O) groups excluding carboxylic acids is 5. The van der Waals surface area contributed by atoms with Crippen LogP contribution in [0.1, 0.15) is 107 Å². The lowest BCUT2D eigenvalue weighted by molar-refractivity contribution is -0.149. The molecule has 0 saturated carbocycles. The van der Waals surface area contributed by atoms with Gasteiger partial charge in [0.2, 0.25) is 17.7 Å². The maximum atomic E-state index is 14.3. The van der Waals surface area contributed by atoms with Gasteiger partial charge in [0.05, 0.1) is 6.04 Å². The van der Waals surface area contributed by atoms with E-state index in [1.807, 2.05) is 57.8 Å². The number of amides is 4. The Morgan fingerprint density at radius 1 is 1.03 bits per heavy atom. The number of halogens is 1. The van der Waals surface area contributed by atoms with E-state index in [1.54, 1.807) is 53.4 Å². The summed E-state index contributed by atoms with van der Waals surface area (Å²) in [6.07, 6.45) is 5.15. The molecular weight excluding hydrogens is 850 g/mol. The maximum Gasteiger partial charge on any atom is 0.303 e. The second kappa shape index (κ2) is 25.3. The highest BCUT2D eigenvalue weighted by Gasteiger charge is 2.37. The van der Waals surface area contributed by atoms with Crippen LogP contribution in [0, 0.1) is 23.6 Å². The number of piperidine rings is 1. The molecule has 7 unspecified atom stereocenters. The minimum Gasteiger partial charge on any atom is -0.455 e. The molecule has 0 spiro atoms. The van der Waals surface area contributed by atoms with Gasteiger partial charge in [0.25, 0.3) is 5.91 Å². The molecule has 4 amide bonds. The number of benzene rings is 1. The lowest BCUT2D eigenvalue weighted by Crippen LogP contribution is -2.58. The van der Waals surface area contributed by atoms with Crippen molar-refractivity contribution >= 4 is 62.5 Å². The lowest BCUT2D eigenvalue weighted by atomic mass is 9.92. The first-order valence-electron chi connectivity index (χ1n) is 21.5. The van der Waals surface area contributed by atoms with Crippen molar-refractivity contribution in [3.05, 3.63) is 76.1 Å². The SMILES string of the molecule is CCC(C)C(NC(=O)C1CCCCN1C)C(=O)N(C)C(CC(OC(C)=O)c1nc(C(=O)NC(Cc2ccc(F)cc2)CC(C)C(=O)NCCSSc2ccccn2)cs1)C(C)C. The standard InChI is InChI=1S/C45H64FN7O6S3/c1-9-29(4)40(51-43(57)36-14-11-13-22-52(36)7)45(58)53(8)37(28(2)3)26-38(59-31(6)54)44-50-35(27-60-44)42(56)49-34(25-32-16-18-33(46)19-17-32)24-30(5)41(55)48-21-23-61-62-39-15-10-12-20-47-39/h10,12,15-20,27-30,34,36-38,40H,9,11,13-14,21-26H2,1-8H3,(H,48,55)(H,49,56)(H,51,57). The molecule has 0 radical (unpaired) electrons. The molecule has 0 bridgehead atoms. The molecule has 3 N–H and O–H groups in total. The van der Waals surface area contributed by atoms with E-state index in [9.17, 15) is 28.4 Å². The van der Waals surface area contributed by atoms with E-state index in [-0.39, 0.29) is 53.5 Å². The smallest absolute Gasteiger partial charge is 0.303 e. The van der Waals surface area contributed by atoms with Crippen LogP contribution in [-0.2, 0) is 30.3 Å². The number of hydrogen-bond acceptors (Lipinski definition) is 12. The van der Waals surface area contributed by atoms with Gasteiger partial charge in [-0.3, -0.25) is 28.9 Å². The number of likely N-dealkylation sites (N-methyl/N-ethyl adjacent to an activating group) is 2. The number of thiazole rings is 1. The Labute approximate surface area is 378 Å². The molecule has 3 heterocycles. The average Bonchev–Trinajstić information content (AvgIpc) is 3.75. The van der Waals surface area contributed by atoms with E-state index in [0.717, 1.165) is 36.4 Å². The summed E-state index contributed by atoms with van der Waals surface area (Å²) in [5.74, 6) is -1.88. The zero-order valence-electron chi connectivity index (χ0n) is 37.2. The van der Waals surface area contributed by atoms with E-state index in [4.69, 9.17) is 4.74 Å². The maximum absolute atomic E-state index is 14.3. The van der Waals surface area contributed by atoms with Crippen LogP contribution < -0.4 is 16.0 Å². The summed E-state index contributed by atoms with van der Waals surface area (Å²) in [7, 11) is 6.79. The van der Waals surface area contributed by atoms with Crippen molar-refractivity contribution in [2.45, 2.75) is 122 Å². The van der Waals surface area contributed by atoms with Crippen molar-refractivity contribution < 1.29 is 33.1 Å². The largest absolute Gasteiger partial charge is 0.455 e. The first-order chi connectivity index (χ1) is 29.6. The first kappa shape index (κ1) is 50.6. The van der Waals surface area contributed by atoms with Gasteiger partial charge in [-0.2, -0.15) is 0 Å². The number of carbonyl (C=O) groups is 5. The molecule has 1 saturated heterocycles. The molecule has 1 fully saturated rings. The van der Waals surface area contributed by atoms with Crippen LogP contribution in [0.15, 0.2) is 59.1 Å². The lowest BCUT2D eigenvalue weighted by Gasteiger charge is -2.38. The van der Waals surface area contributed by atoms with Gasteiger partial charge < -0.3 is 25.6 Å². The summed E-state index contributed by atoms with van der Waals surface area (Å²) >= 11 is 1.18. The van der Waals surface area contributed by atoms with Gasteiger partial charge >= 0.3 is 5.97 Å². The molecule has 3 aromatic rings. The molecular formula is C45H64FN7O6S3. The van der Waals surface area contributed by atoms with E-state index in [2.05, 4.69) is 25.9 Å². The number of pyridine rings is 1. The predicted molar refractivity (Wildman–Crippen MR) is 245 cm³/mol. The molecule has 13 nitrogen and oxygen atoms in total. The molecule has 2 aromatic heterocycles. The third kappa shape index (κ3) is 15.6. The Hall–Kier alpha value is -4.06. The topological polar surface area (TPSA) is 163 Å². The predicted octanol–water partition coefficient (Wildman–Crippen LogP) is 7.09. The van der Waals surface area contributed by atoms with Crippen LogP contribution in [0.25, 0.3) is 0 Å². The molecule has 340 valence electrons. The highest BCUT2D eigenvalue weighted by Crippen LogP contribution is 2.32. The fourth-order valence-electron chi connectivity index (χ4n) is 7.54. The van der Waals surface area contributed by atoms with Crippen molar-refractivity contribution in [2.75, 3.05) is 32.9 Å². The van der Waals surface area contributed by atoms with Crippen LogP contribution in [0.5, 0.6) is 0 Å². The number of ether oxygens (including phenoxy) is 1. The fourth-order valence-corrected chi connectivity index (χ4v) is 10.2. The van der Waals surface area contributed by atoms with Crippen molar-refractivity contribution in [3.8, 4) is 0 Å². The van der Waals surface area contributed by atoms with E-state index < -0.39 is 42.0 Å². The van der Waals surface area contributed by atoms with Gasteiger partial charge in [-0.05, 0) is 91.7 Å². The monoisotopic (exact) mass is 913 g/mol.